The molecule has 29 heavy (non-hydrogen) atoms. The predicted molar refractivity (Wildman–Crippen MR) is 111 cm³/mol. The van der Waals surface area contributed by atoms with E-state index in [9.17, 15) is 14.4 Å². The maximum atomic E-state index is 12.4. The van der Waals surface area contributed by atoms with Gasteiger partial charge in [0.2, 0.25) is 5.91 Å². The second-order valence-electron chi connectivity index (χ2n) is 6.93. The fourth-order valence-corrected chi connectivity index (χ4v) is 3.73. The molecule has 2 aromatic rings. The smallest absolute Gasteiger partial charge is 0.311 e. The largest absolute Gasteiger partial charge is 0.455 e. The van der Waals surface area contributed by atoms with Crippen LogP contribution in [0.1, 0.15) is 17.8 Å². The van der Waals surface area contributed by atoms with Crippen molar-refractivity contribution in [2.45, 2.75) is 25.2 Å². The van der Waals surface area contributed by atoms with Gasteiger partial charge < -0.3 is 15.0 Å². The number of rotatable bonds is 6. The maximum Gasteiger partial charge on any atom is 0.311 e. The minimum Gasteiger partial charge on any atom is -0.455 e. The van der Waals surface area contributed by atoms with Crippen LogP contribution < -0.4 is 10.2 Å². The Bertz CT molecular complexity index is 956. The van der Waals surface area contributed by atoms with Gasteiger partial charge in [-0.2, -0.15) is 5.10 Å². The molecule has 1 aromatic carbocycles. The molecule has 0 saturated carbocycles. The summed E-state index contributed by atoms with van der Waals surface area (Å²) in [5.74, 6) is -1.70. The average molecular weight is 417 g/mol. The van der Waals surface area contributed by atoms with Crippen molar-refractivity contribution in [3.05, 3.63) is 35.7 Å². The summed E-state index contributed by atoms with van der Waals surface area (Å²) < 4.78 is 6.83. The van der Waals surface area contributed by atoms with Gasteiger partial charge in [-0.15, -0.1) is 11.8 Å². The zero-order valence-electron chi connectivity index (χ0n) is 16.9. The van der Waals surface area contributed by atoms with E-state index in [0.29, 0.717) is 11.4 Å². The Kier molecular flexibility index (Phi) is 6.26. The molecule has 3 rings (SSSR count). The van der Waals surface area contributed by atoms with Crippen molar-refractivity contribution in [3.8, 4) is 0 Å². The van der Waals surface area contributed by atoms with E-state index in [-0.39, 0.29) is 18.9 Å². The quantitative estimate of drug-likeness (QED) is 0.574. The Balaban J connectivity index is 1.56. The van der Waals surface area contributed by atoms with E-state index in [1.165, 1.54) is 0 Å². The second-order valence-corrected chi connectivity index (χ2v) is 7.81. The van der Waals surface area contributed by atoms with Gasteiger partial charge in [0.25, 0.3) is 5.91 Å². The molecule has 1 aliphatic heterocycles. The molecule has 8 nitrogen and oxygen atoms in total. The highest BCUT2D eigenvalue weighted by molar-refractivity contribution is 7.98. The first-order valence-corrected chi connectivity index (χ1v) is 10.4. The van der Waals surface area contributed by atoms with Gasteiger partial charge >= 0.3 is 5.97 Å². The first kappa shape index (κ1) is 20.9. The highest BCUT2D eigenvalue weighted by Gasteiger charge is 2.36. The number of carbonyl (C=O) groups is 3. The van der Waals surface area contributed by atoms with Crippen LogP contribution in [0.15, 0.2) is 29.2 Å². The number of hydrogen-bond acceptors (Lipinski definition) is 6. The Morgan fingerprint density at radius 3 is 2.76 bits per heavy atom. The third kappa shape index (κ3) is 4.61. The van der Waals surface area contributed by atoms with Crippen molar-refractivity contribution >= 4 is 40.9 Å². The lowest BCUT2D eigenvalue weighted by Crippen LogP contribution is -2.28. The van der Waals surface area contributed by atoms with Gasteiger partial charge in [0.1, 0.15) is 0 Å². The third-order valence-electron chi connectivity index (χ3n) is 4.94. The Morgan fingerprint density at radius 2 is 2.10 bits per heavy atom. The summed E-state index contributed by atoms with van der Waals surface area (Å²) >= 11 is 1.59. The molecule has 1 aliphatic rings. The number of hydrogen-bond donors (Lipinski definition) is 1. The second kappa shape index (κ2) is 8.69. The van der Waals surface area contributed by atoms with E-state index in [4.69, 9.17) is 4.74 Å². The van der Waals surface area contributed by atoms with Crippen molar-refractivity contribution in [1.82, 2.24) is 9.78 Å². The molecular weight excluding hydrogens is 392 g/mol. The standard InChI is InChI=1S/C20H24N4O4S/c1-12-19(13(2)23(3)22-12)21-17(25)11-28-20(27)14-8-18(26)24(10-14)15-6-5-7-16(9-15)29-4/h5-7,9,14H,8,10-11H2,1-4H3,(H,21,25)/t14-/m1/s1. The summed E-state index contributed by atoms with van der Waals surface area (Å²) in [7, 11) is 1.79. The van der Waals surface area contributed by atoms with E-state index in [1.54, 1.807) is 35.3 Å². The Morgan fingerprint density at radius 1 is 1.34 bits per heavy atom. The molecule has 1 atom stereocenters. The average Bonchev–Trinajstić information content (AvgIpc) is 3.21. The normalized spacial score (nSPS) is 16.2. The molecule has 1 N–H and O–H groups in total. The lowest BCUT2D eigenvalue weighted by atomic mass is 10.1. The number of thioether (sulfide) groups is 1. The highest BCUT2D eigenvalue weighted by Crippen LogP contribution is 2.28. The zero-order chi connectivity index (χ0) is 21.1. The van der Waals surface area contributed by atoms with Crippen LogP contribution in [0, 0.1) is 19.8 Å². The van der Waals surface area contributed by atoms with Crippen LogP contribution in [0.25, 0.3) is 0 Å². The van der Waals surface area contributed by atoms with Crippen LogP contribution >= 0.6 is 11.8 Å². The number of nitrogens with one attached hydrogen (secondary N) is 1. The van der Waals surface area contributed by atoms with Crippen molar-refractivity contribution in [1.29, 1.82) is 0 Å². The number of anilines is 2. The number of benzene rings is 1. The van der Waals surface area contributed by atoms with E-state index in [0.717, 1.165) is 16.3 Å². The Labute approximate surface area is 173 Å². The van der Waals surface area contributed by atoms with Gasteiger partial charge in [-0.25, -0.2) is 0 Å². The summed E-state index contributed by atoms with van der Waals surface area (Å²) in [6.07, 6.45) is 2.04. The summed E-state index contributed by atoms with van der Waals surface area (Å²) in [6, 6.07) is 7.61. The van der Waals surface area contributed by atoms with Crippen LogP contribution in [0.4, 0.5) is 11.4 Å². The lowest BCUT2D eigenvalue weighted by molar-refractivity contribution is -0.151. The van der Waals surface area contributed by atoms with E-state index in [2.05, 4.69) is 10.4 Å². The molecule has 154 valence electrons. The molecular formula is C20H24N4O4S. The number of esters is 1. The van der Waals surface area contributed by atoms with Crippen molar-refractivity contribution < 1.29 is 19.1 Å². The van der Waals surface area contributed by atoms with Crippen LogP contribution in [0.5, 0.6) is 0 Å². The molecule has 0 aliphatic carbocycles. The minimum atomic E-state index is -0.588. The summed E-state index contributed by atoms with van der Waals surface area (Å²) in [4.78, 5) is 39.5. The van der Waals surface area contributed by atoms with E-state index >= 15 is 0 Å². The van der Waals surface area contributed by atoms with Gasteiger partial charge in [0.05, 0.1) is 23.0 Å². The van der Waals surface area contributed by atoms with Crippen LogP contribution in [-0.2, 0) is 26.2 Å². The van der Waals surface area contributed by atoms with Crippen LogP contribution in [-0.4, -0.2) is 47.0 Å². The fraction of sp³-hybridized carbons (Fsp3) is 0.400. The molecule has 1 fully saturated rings. The number of nitrogens with zero attached hydrogens (tertiary/aromatic N) is 3. The van der Waals surface area contributed by atoms with Gasteiger partial charge in [0, 0.05) is 30.6 Å². The zero-order valence-corrected chi connectivity index (χ0v) is 17.7. The maximum absolute atomic E-state index is 12.4. The SMILES string of the molecule is CSc1cccc(N2C[C@H](C(=O)OCC(=O)Nc3c(C)nn(C)c3C)CC2=O)c1. The summed E-state index contributed by atoms with van der Waals surface area (Å²) in [5.41, 5.74) is 2.88. The van der Waals surface area contributed by atoms with E-state index in [1.807, 2.05) is 37.4 Å². The van der Waals surface area contributed by atoms with Crippen molar-refractivity contribution in [2.75, 3.05) is 29.6 Å². The molecule has 0 spiro atoms. The topological polar surface area (TPSA) is 93.5 Å². The first-order valence-electron chi connectivity index (χ1n) is 9.21. The molecule has 9 heteroatoms. The van der Waals surface area contributed by atoms with Crippen LogP contribution in [0.3, 0.4) is 0 Å². The number of amides is 2. The fourth-order valence-electron chi connectivity index (χ4n) is 3.28. The molecule has 2 amide bonds. The first-order chi connectivity index (χ1) is 13.8. The molecule has 2 heterocycles. The van der Waals surface area contributed by atoms with Gasteiger partial charge in [-0.1, -0.05) is 6.07 Å². The molecule has 1 aromatic heterocycles. The minimum absolute atomic E-state index is 0.0742. The van der Waals surface area contributed by atoms with E-state index < -0.39 is 24.4 Å². The summed E-state index contributed by atoms with van der Waals surface area (Å²) in [6.45, 7) is 3.48. The van der Waals surface area contributed by atoms with Gasteiger partial charge in [-0.3, -0.25) is 19.1 Å². The van der Waals surface area contributed by atoms with Crippen molar-refractivity contribution in [3.63, 3.8) is 0 Å². The van der Waals surface area contributed by atoms with Gasteiger partial charge in [-0.05, 0) is 38.3 Å². The van der Waals surface area contributed by atoms with Crippen molar-refractivity contribution in [2.24, 2.45) is 13.0 Å². The number of aromatic nitrogens is 2. The van der Waals surface area contributed by atoms with Gasteiger partial charge in [0.15, 0.2) is 6.61 Å². The number of aryl methyl sites for hydroxylation is 2. The monoisotopic (exact) mass is 416 g/mol. The van der Waals surface area contributed by atoms with Crippen LogP contribution in [0.2, 0.25) is 0 Å². The highest BCUT2D eigenvalue weighted by atomic mass is 32.2. The molecule has 0 bridgehead atoms. The predicted octanol–water partition coefficient (Wildman–Crippen LogP) is 2.29. The number of carbonyl (C=O) groups excluding carboxylic acids is 3. The third-order valence-corrected chi connectivity index (χ3v) is 5.67. The number of ether oxygens (including phenoxy) is 1. The Hall–Kier alpha value is -2.81. The molecule has 0 radical (unpaired) electrons. The molecule has 1 saturated heterocycles. The lowest BCUT2D eigenvalue weighted by Gasteiger charge is -2.17. The molecule has 0 unspecified atom stereocenters. The summed E-state index contributed by atoms with van der Waals surface area (Å²) in [5, 5.41) is 6.95.